The van der Waals surface area contributed by atoms with Gasteiger partial charge in [0.2, 0.25) is 5.76 Å². The number of hydrogen-bond donors (Lipinski definition) is 1. The number of methoxy groups -OCH3 is 2. The Balaban J connectivity index is 2.68. The molecule has 0 fully saturated rings. The summed E-state index contributed by atoms with van der Waals surface area (Å²) in [5, 5.41) is 12.9. The van der Waals surface area contributed by atoms with Gasteiger partial charge >= 0.3 is 5.97 Å². The van der Waals surface area contributed by atoms with Crippen molar-refractivity contribution in [2.45, 2.75) is 0 Å². The molecule has 8 heteroatoms. The minimum Gasteiger partial charge on any atom is -0.492 e. The van der Waals surface area contributed by atoms with E-state index < -0.39 is 5.97 Å². The van der Waals surface area contributed by atoms with Crippen LogP contribution in [0.1, 0.15) is 10.6 Å². The largest absolute Gasteiger partial charge is 0.492 e. The molecule has 1 N–H and O–H groups in total. The molecular formula is C12H9BrClNO5. The van der Waals surface area contributed by atoms with Gasteiger partial charge in [0.1, 0.15) is 5.69 Å². The summed E-state index contributed by atoms with van der Waals surface area (Å²) >= 11 is 9.48. The molecule has 0 aliphatic carbocycles. The van der Waals surface area contributed by atoms with E-state index in [1.807, 2.05) is 0 Å². The van der Waals surface area contributed by atoms with Crippen molar-refractivity contribution in [2.24, 2.45) is 0 Å². The van der Waals surface area contributed by atoms with E-state index in [-0.39, 0.29) is 11.5 Å². The van der Waals surface area contributed by atoms with Crippen LogP contribution in [0.2, 0.25) is 5.02 Å². The van der Waals surface area contributed by atoms with Crippen LogP contribution in [0.25, 0.3) is 11.3 Å². The van der Waals surface area contributed by atoms with Crippen molar-refractivity contribution in [3.05, 3.63) is 27.4 Å². The number of nitrogens with zero attached hydrogens (tertiary/aromatic N) is 1. The van der Waals surface area contributed by atoms with Crippen molar-refractivity contribution >= 4 is 33.5 Å². The van der Waals surface area contributed by atoms with Crippen LogP contribution < -0.4 is 9.47 Å². The highest BCUT2D eigenvalue weighted by Crippen LogP contribution is 2.46. The van der Waals surface area contributed by atoms with Crippen molar-refractivity contribution in [1.29, 1.82) is 0 Å². The summed E-state index contributed by atoms with van der Waals surface area (Å²) < 4.78 is 15.8. The average Bonchev–Trinajstić information content (AvgIpc) is 2.87. The van der Waals surface area contributed by atoms with Crippen LogP contribution in [0.4, 0.5) is 0 Å². The number of carboxylic acid groups (broad SMARTS) is 1. The van der Waals surface area contributed by atoms with Gasteiger partial charge in [-0.1, -0.05) is 16.8 Å². The predicted molar refractivity (Wildman–Crippen MR) is 74.7 cm³/mol. The quantitative estimate of drug-likeness (QED) is 0.897. The smallest absolute Gasteiger partial charge is 0.374 e. The molecule has 0 unspecified atom stereocenters. The molecule has 2 rings (SSSR count). The first-order valence-corrected chi connectivity index (χ1v) is 6.47. The van der Waals surface area contributed by atoms with Crippen molar-refractivity contribution in [3.8, 4) is 22.8 Å². The number of ether oxygens (including phenoxy) is 2. The van der Waals surface area contributed by atoms with Crippen LogP contribution in [0.5, 0.6) is 11.5 Å². The summed E-state index contributed by atoms with van der Waals surface area (Å²) in [5.74, 6) is -0.758. The van der Waals surface area contributed by atoms with Crippen molar-refractivity contribution in [3.63, 3.8) is 0 Å². The number of aromatic carboxylic acids is 1. The Labute approximate surface area is 127 Å². The van der Waals surface area contributed by atoms with Crippen LogP contribution in [-0.4, -0.2) is 30.5 Å². The monoisotopic (exact) mass is 361 g/mol. The summed E-state index contributed by atoms with van der Waals surface area (Å²) in [6.07, 6.45) is 0. The molecule has 20 heavy (non-hydrogen) atoms. The second kappa shape index (κ2) is 5.72. The van der Waals surface area contributed by atoms with Crippen LogP contribution in [0, 0.1) is 0 Å². The Morgan fingerprint density at radius 2 is 2.00 bits per heavy atom. The number of carboxylic acids is 1. The first-order valence-electron chi connectivity index (χ1n) is 5.30. The molecule has 0 bridgehead atoms. The Morgan fingerprint density at radius 1 is 1.35 bits per heavy atom. The molecule has 2 aromatic rings. The fourth-order valence-electron chi connectivity index (χ4n) is 1.70. The number of halogens is 2. The Morgan fingerprint density at radius 3 is 2.50 bits per heavy atom. The van der Waals surface area contributed by atoms with Gasteiger partial charge in [0.25, 0.3) is 0 Å². The van der Waals surface area contributed by atoms with Gasteiger partial charge in [-0.3, -0.25) is 0 Å². The first-order chi connectivity index (χ1) is 9.49. The third-order valence-electron chi connectivity index (χ3n) is 2.53. The van der Waals surface area contributed by atoms with E-state index in [1.165, 1.54) is 20.3 Å². The number of hydrogen-bond acceptors (Lipinski definition) is 5. The Kier molecular flexibility index (Phi) is 4.20. The minimum atomic E-state index is -1.22. The molecule has 0 amide bonds. The normalized spacial score (nSPS) is 10.4. The van der Waals surface area contributed by atoms with Crippen LogP contribution in [-0.2, 0) is 0 Å². The van der Waals surface area contributed by atoms with Crippen LogP contribution >= 0.6 is 27.5 Å². The van der Waals surface area contributed by atoms with Gasteiger partial charge in [-0.25, -0.2) is 4.79 Å². The Hall–Kier alpha value is -1.73. The van der Waals surface area contributed by atoms with Crippen molar-refractivity contribution in [1.82, 2.24) is 5.16 Å². The zero-order valence-electron chi connectivity index (χ0n) is 10.4. The van der Waals surface area contributed by atoms with E-state index in [0.29, 0.717) is 26.6 Å². The molecule has 0 aliphatic rings. The summed E-state index contributed by atoms with van der Waals surface area (Å²) in [6.45, 7) is 0. The van der Waals surface area contributed by atoms with E-state index in [9.17, 15) is 4.79 Å². The van der Waals surface area contributed by atoms with Gasteiger partial charge in [0, 0.05) is 6.07 Å². The van der Waals surface area contributed by atoms with Gasteiger partial charge in [0.05, 0.1) is 29.3 Å². The second-order valence-corrected chi connectivity index (χ2v) is 4.92. The van der Waals surface area contributed by atoms with E-state index in [1.54, 1.807) is 6.07 Å². The lowest BCUT2D eigenvalue weighted by Gasteiger charge is -2.14. The molecule has 1 heterocycles. The third-order valence-corrected chi connectivity index (χ3v) is 3.41. The summed E-state index contributed by atoms with van der Waals surface area (Å²) in [7, 11) is 2.92. The van der Waals surface area contributed by atoms with Gasteiger partial charge in [-0.05, 0) is 22.0 Å². The SMILES string of the molecule is COc1c(Br)cc(Cl)c(-c2cc(C(=O)O)on2)c1OC. The lowest BCUT2D eigenvalue weighted by atomic mass is 10.1. The van der Waals surface area contributed by atoms with Gasteiger partial charge < -0.3 is 19.1 Å². The van der Waals surface area contributed by atoms with E-state index in [4.69, 9.17) is 30.7 Å². The molecular weight excluding hydrogens is 353 g/mol. The average molecular weight is 363 g/mol. The molecule has 0 aliphatic heterocycles. The molecule has 0 radical (unpaired) electrons. The minimum absolute atomic E-state index is 0.245. The topological polar surface area (TPSA) is 81.8 Å². The highest BCUT2D eigenvalue weighted by Gasteiger charge is 2.23. The van der Waals surface area contributed by atoms with E-state index in [2.05, 4.69) is 21.1 Å². The van der Waals surface area contributed by atoms with Crippen LogP contribution in [0.15, 0.2) is 21.1 Å². The molecule has 0 spiro atoms. The number of aromatic nitrogens is 1. The summed E-state index contributed by atoms with van der Waals surface area (Å²) in [6, 6.07) is 2.87. The maximum absolute atomic E-state index is 10.8. The molecule has 1 aromatic carbocycles. The van der Waals surface area contributed by atoms with Crippen molar-refractivity contribution in [2.75, 3.05) is 14.2 Å². The standard InChI is InChI=1S/C12H9BrClNO5/c1-18-10-5(13)3-6(14)9(11(10)19-2)7-4-8(12(16)17)20-15-7/h3-4H,1-2H3,(H,16,17). The molecule has 0 saturated carbocycles. The third kappa shape index (κ3) is 2.46. The van der Waals surface area contributed by atoms with E-state index in [0.717, 1.165) is 0 Å². The zero-order chi connectivity index (χ0) is 14.9. The Bertz CT molecular complexity index is 670. The predicted octanol–water partition coefficient (Wildman–Crippen LogP) is 3.47. The highest BCUT2D eigenvalue weighted by atomic mass is 79.9. The van der Waals surface area contributed by atoms with Crippen LogP contribution in [0.3, 0.4) is 0 Å². The van der Waals surface area contributed by atoms with Gasteiger partial charge in [-0.2, -0.15) is 0 Å². The summed E-state index contributed by atoms with van der Waals surface area (Å²) in [5.41, 5.74) is 0.639. The van der Waals surface area contributed by atoms with Gasteiger partial charge in [-0.15, -0.1) is 0 Å². The molecule has 6 nitrogen and oxygen atoms in total. The fourth-order valence-corrected chi connectivity index (χ4v) is 2.69. The first kappa shape index (κ1) is 14.7. The van der Waals surface area contributed by atoms with Crippen molar-refractivity contribution < 1.29 is 23.9 Å². The zero-order valence-corrected chi connectivity index (χ0v) is 12.8. The lowest BCUT2D eigenvalue weighted by molar-refractivity contribution is 0.0652. The second-order valence-electron chi connectivity index (χ2n) is 3.66. The lowest BCUT2D eigenvalue weighted by Crippen LogP contribution is -1.96. The van der Waals surface area contributed by atoms with E-state index >= 15 is 0 Å². The molecule has 0 atom stereocenters. The molecule has 0 saturated heterocycles. The number of rotatable bonds is 4. The maximum atomic E-state index is 10.8. The highest BCUT2D eigenvalue weighted by molar-refractivity contribution is 9.10. The number of benzene rings is 1. The fraction of sp³-hybridized carbons (Fsp3) is 0.167. The molecule has 1 aromatic heterocycles. The van der Waals surface area contributed by atoms with Gasteiger partial charge in [0.15, 0.2) is 11.5 Å². The molecule has 106 valence electrons. The maximum Gasteiger partial charge on any atom is 0.374 e. The summed E-state index contributed by atoms with van der Waals surface area (Å²) in [4.78, 5) is 10.8. The number of carbonyl (C=O) groups is 1.